The highest BCUT2D eigenvalue weighted by molar-refractivity contribution is 5.95. The number of allylic oxidation sites excluding steroid dienone is 1. The molecular formula is C34H38N4O6. The van der Waals surface area contributed by atoms with E-state index in [4.69, 9.17) is 19.2 Å². The number of ether oxygens (including phenoxy) is 3. The summed E-state index contributed by atoms with van der Waals surface area (Å²) in [7, 11) is 1.61. The fourth-order valence-electron chi connectivity index (χ4n) is 6.15. The van der Waals surface area contributed by atoms with Gasteiger partial charge in [-0.2, -0.15) is 0 Å². The van der Waals surface area contributed by atoms with Crippen LogP contribution < -0.4 is 20.1 Å². The Hall–Kier alpha value is -4.60. The molecule has 6 rings (SSSR count). The zero-order valence-electron chi connectivity index (χ0n) is 25.1. The van der Waals surface area contributed by atoms with Crippen molar-refractivity contribution < 1.29 is 28.6 Å². The number of amides is 3. The molecule has 2 fully saturated rings. The van der Waals surface area contributed by atoms with Crippen LogP contribution in [0.1, 0.15) is 39.0 Å². The summed E-state index contributed by atoms with van der Waals surface area (Å²) in [6.45, 7) is 2.69. The molecule has 10 heteroatoms. The van der Waals surface area contributed by atoms with Gasteiger partial charge >= 0.3 is 12.0 Å². The van der Waals surface area contributed by atoms with Gasteiger partial charge in [0.2, 0.25) is 5.91 Å². The topological polar surface area (TPSA) is 119 Å². The first-order chi connectivity index (χ1) is 21.4. The van der Waals surface area contributed by atoms with E-state index in [1.807, 2.05) is 60.7 Å². The zero-order chi connectivity index (χ0) is 30.7. The van der Waals surface area contributed by atoms with Crippen LogP contribution in [0.2, 0.25) is 0 Å². The second-order valence-corrected chi connectivity index (χ2v) is 11.5. The molecule has 2 aliphatic heterocycles. The van der Waals surface area contributed by atoms with Gasteiger partial charge in [-0.3, -0.25) is 4.79 Å². The van der Waals surface area contributed by atoms with E-state index in [1.54, 1.807) is 14.0 Å². The Bertz CT molecular complexity index is 1580. The fourth-order valence-corrected chi connectivity index (χ4v) is 6.15. The van der Waals surface area contributed by atoms with Gasteiger partial charge in [-0.15, -0.1) is 0 Å². The number of hydrogen-bond donors (Lipinski definition) is 2. The highest BCUT2D eigenvalue weighted by Crippen LogP contribution is 2.46. The van der Waals surface area contributed by atoms with Crippen LogP contribution in [0.15, 0.2) is 66.7 Å². The second kappa shape index (κ2) is 12.6. The summed E-state index contributed by atoms with van der Waals surface area (Å²) < 4.78 is 17.4. The molecule has 2 N–H and O–H groups in total. The van der Waals surface area contributed by atoms with E-state index in [0.717, 1.165) is 35.9 Å². The first-order valence-corrected chi connectivity index (χ1v) is 15.3. The molecule has 1 saturated heterocycles. The van der Waals surface area contributed by atoms with Crippen molar-refractivity contribution in [2.75, 3.05) is 26.8 Å². The number of esters is 1. The predicted molar refractivity (Wildman–Crippen MR) is 165 cm³/mol. The summed E-state index contributed by atoms with van der Waals surface area (Å²) in [5, 5.41) is 6.75. The largest absolute Gasteiger partial charge is 0.497 e. The second-order valence-electron chi connectivity index (χ2n) is 11.5. The van der Waals surface area contributed by atoms with Crippen molar-refractivity contribution in [2.45, 2.75) is 56.7 Å². The quantitative estimate of drug-likeness (QED) is 0.314. The third kappa shape index (κ3) is 5.93. The maximum absolute atomic E-state index is 13.8. The molecule has 0 spiro atoms. The minimum atomic E-state index is -1.11. The first-order valence-electron chi connectivity index (χ1n) is 15.3. The molecule has 1 aromatic heterocycles. The van der Waals surface area contributed by atoms with Gasteiger partial charge < -0.3 is 29.7 Å². The van der Waals surface area contributed by atoms with Crippen LogP contribution in [0.25, 0.3) is 22.2 Å². The van der Waals surface area contributed by atoms with Crippen molar-refractivity contribution in [3.05, 3.63) is 66.7 Å². The number of urea groups is 1. The summed E-state index contributed by atoms with van der Waals surface area (Å²) in [5.74, 6) is 0.310. The maximum Gasteiger partial charge on any atom is 0.332 e. The van der Waals surface area contributed by atoms with Gasteiger partial charge in [0.25, 0.3) is 0 Å². The lowest BCUT2D eigenvalue weighted by atomic mass is 10.1. The lowest BCUT2D eigenvalue weighted by Gasteiger charge is -2.26. The van der Waals surface area contributed by atoms with Crippen LogP contribution in [-0.4, -0.2) is 72.3 Å². The number of fused-ring (bicyclic) bond motifs is 3. The van der Waals surface area contributed by atoms with Crippen LogP contribution in [0, 0.1) is 5.92 Å². The zero-order valence-corrected chi connectivity index (χ0v) is 25.1. The van der Waals surface area contributed by atoms with Gasteiger partial charge in [-0.25, -0.2) is 14.6 Å². The van der Waals surface area contributed by atoms with E-state index in [9.17, 15) is 14.4 Å². The molecule has 2 aromatic carbocycles. The number of carbonyl (C=O) groups excluding carboxylic acids is 3. The van der Waals surface area contributed by atoms with Crippen molar-refractivity contribution in [1.29, 1.82) is 0 Å². The van der Waals surface area contributed by atoms with Gasteiger partial charge in [-0.1, -0.05) is 42.5 Å². The molecule has 0 radical (unpaired) electrons. The van der Waals surface area contributed by atoms with E-state index >= 15 is 0 Å². The Morgan fingerprint density at radius 1 is 1.11 bits per heavy atom. The van der Waals surface area contributed by atoms with Gasteiger partial charge in [-0.05, 0) is 44.7 Å². The van der Waals surface area contributed by atoms with Crippen LogP contribution >= 0.6 is 0 Å². The number of methoxy groups -OCH3 is 1. The minimum Gasteiger partial charge on any atom is -0.497 e. The Labute approximate surface area is 256 Å². The highest BCUT2D eigenvalue weighted by atomic mass is 16.5. The summed E-state index contributed by atoms with van der Waals surface area (Å²) in [5.41, 5.74) is 1.26. The number of rotatable bonds is 6. The van der Waals surface area contributed by atoms with E-state index in [-0.39, 0.29) is 37.4 Å². The minimum absolute atomic E-state index is 0.138. The number of benzene rings is 2. The molecule has 4 unspecified atom stereocenters. The highest BCUT2D eigenvalue weighted by Gasteiger charge is 2.62. The third-order valence-corrected chi connectivity index (χ3v) is 8.61. The summed E-state index contributed by atoms with van der Waals surface area (Å²) in [4.78, 5) is 46.7. The van der Waals surface area contributed by atoms with Crippen LogP contribution in [0.4, 0.5) is 4.79 Å². The fraction of sp³-hybridized carbons (Fsp3) is 0.412. The van der Waals surface area contributed by atoms with E-state index in [1.165, 1.54) is 4.90 Å². The summed E-state index contributed by atoms with van der Waals surface area (Å²) >= 11 is 0. The summed E-state index contributed by atoms with van der Waals surface area (Å²) in [6.07, 6.45) is 6.86. The maximum atomic E-state index is 13.8. The predicted octanol–water partition coefficient (Wildman–Crippen LogP) is 4.62. The van der Waals surface area contributed by atoms with Crippen molar-refractivity contribution in [2.24, 2.45) is 5.92 Å². The number of hydrogen-bond acceptors (Lipinski definition) is 7. The number of pyridine rings is 1. The van der Waals surface area contributed by atoms with E-state index in [2.05, 4.69) is 16.7 Å². The average Bonchev–Trinajstić information content (AvgIpc) is 3.57. The Morgan fingerprint density at radius 3 is 2.75 bits per heavy atom. The van der Waals surface area contributed by atoms with Crippen LogP contribution in [-0.2, 0) is 14.3 Å². The Morgan fingerprint density at radius 2 is 1.95 bits per heavy atom. The normalized spacial score (nSPS) is 25.2. The van der Waals surface area contributed by atoms with Crippen molar-refractivity contribution in [3.8, 4) is 22.8 Å². The van der Waals surface area contributed by atoms with Gasteiger partial charge in [0.15, 0.2) is 0 Å². The van der Waals surface area contributed by atoms with Gasteiger partial charge in [0, 0.05) is 42.0 Å². The number of nitrogens with zero attached hydrogens (tertiary/aromatic N) is 2. The standard InChI is InChI=1S/C34H38N4O6/c1-3-43-32(40)34-20-23(34)13-9-4-5-10-16-35-33(41)38-21-25(18-29(38)31(39)37-34)44-30-19-27(22-11-7-6-8-12-22)36-28-17-24(42-2)14-15-26(28)30/h6-9,11-15,17,19,23,25,29H,3-5,10,16,18,20-21H2,1-2H3,(H,35,41)(H,37,39). The molecule has 3 heterocycles. The summed E-state index contributed by atoms with van der Waals surface area (Å²) in [6, 6.07) is 16.2. The number of aromatic nitrogens is 1. The molecule has 1 aliphatic carbocycles. The Kier molecular flexibility index (Phi) is 8.41. The van der Waals surface area contributed by atoms with Crippen molar-refractivity contribution in [1.82, 2.24) is 20.5 Å². The lowest BCUT2D eigenvalue weighted by molar-refractivity contribution is -0.149. The molecule has 44 heavy (non-hydrogen) atoms. The molecule has 4 atom stereocenters. The van der Waals surface area contributed by atoms with Gasteiger partial charge in [0.1, 0.15) is 29.2 Å². The van der Waals surface area contributed by atoms with Gasteiger partial charge in [0.05, 0.1) is 31.5 Å². The van der Waals surface area contributed by atoms with E-state index in [0.29, 0.717) is 30.0 Å². The SMILES string of the molecule is CCOC(=O)C12CC1C=CCCCCNC(=O)N1CC(Oc3cc(-c4ccccc4)nc4cc(OC)ccc34)CC1C(=O)N2. The molecule has 3 aliphatic rings. The molecule has 3 aromatic rings. The van der Waals surface area contributed by atoms with Crippen molar-refractivity contribution in [3.63, 3.8) is 0 Å². The molecule has 3 amide bonds. The molecular weight excluding hydrogens is 560 g/mol. The number of nitrogens with one attached hydrogen (secondary N) is 2. The first kappa shape index (κ1) is 29.5. The lowest BCUT2D eigenvalue weighted by Crippen LogP contribution is -2.54. The number of carbonyl (C=O) groups is 3. The van der Waals surface area contributed by atoms with Crippen LogP contribution in [0.3, 0.4) is 0 Å². The molecule has 0 bridgehead atoms. The van der Waals surface area contributed by atoms with Crippen LogP contribution in [0.5, 0.6) is 11.5 Å². The molecule has 230 valence electrons. The van der Waals surface area contributed by atoms with Crippen molar-refractivity contribution >= 4 is 28.8 Å². The van der Waals surface area contributed by atoms with E-state index < -0.39 is 23.7 Å². The molecule has 1 saturated carbocycles. The average molecular weight is 599 g/mol. The molecule has 10 nitrogen and oxygen atoms in total. The third-order valence-electron chi connectivity index (χ3n) is 8.61. The Balaban J connectivity index is 1.30. The smallest absolute Gasteiger partial charge is 0.332 e. The monoisotopic (exact) mass is 598 g/mol.